The first-order valence-corrected chi connectivity index (χ1v) is 11.0. The number of ether oxygens (including phenoxy) is 1. The minimum Gasteiger partial charge on any atom is -0.380 e. The van der Waals surface area contributed by atoms with Crippen LogP contribution in [0.25, 0.3) is 0 Å². The minimum atomic E-state index is -0.472. The van der Waals surface area contributed by atoms with Crippen LogP contribution in [0.3, 0.4) is 0 Å². The topological polar surface area (TPSA) is 61.9 Å². The van der Waals surface area contributed by atoms with Crippen LogP contribution in [0.1, 0.15) is 53.9 Å². The Morgan fingerprint density at radius 1 is 1.23 bits per heavy atom. The van der Waals surface area contributed by atoms with Gasteiger partial charge in [-0.15, -0.1) is 0 Å². The average Bonchev–Trinajstić information content (AvgIpc) is 2.78. The second-order valence-electron chi connectivity index (χ2n) is 9.08. The molecule has 1 aromatic carbocycles. The van der Waals surface area contributed by atoms with Gasteiger partial charge in [-0.1, -0.05) is 6.07 Å². The number of piperidine rings is 3. The summed E-state index contributed by atoms with van der Waals surface area (Å²) in [5.74, 6) is -0.227. The number of likely N-dealkylation sites (tertiary alicyclic amines) is 2. The summed E-state index contributed by atoms with van der Waals surface area (Å²) in [5.41, 5.74) is 0.727. The van der Waals surface area contributed by atoms with Crippen molar-refractivity contribution in [3.63, 3.8) is 0 Å². The highest BCUT2D eigenvalue weighted by molar-refractivity contribution is 5.95. The standard InChI is InChI=1S/C23H32FN3O3/c1-26-15-18(30-2)14-23(22(26)29)7-11-27(12-8-23)21(28)19-13-17(3-4-20(19)24)16-5-9-25-10-6-16/h3-4,13,16,18,25H,5-12,14-15H2,1-2H3. The fraction of sp³-hybridized carbons (Fsp3) is 0.652. The number of carbonyl (C=O) groups excluding carboxylic acids is 2. The van der Waals surface area contributed by atoms with Gasteiger partial charge in [0.25, 0.3) is 5.91 Å². The Hall–Kier alpha value is -1.99. The van der Waals surface area contributed by atoms with Crippen molar-refractivity contribution in [3.05, 3.63) is 35.1 Å². The van der Waals surface area contributed by atoms with Crippen LogP contribution in [-0.4, -0.2) is 74.6 Å². The molecule has 7 heteroatoms. The van der Waals surface area contributed by atoms with Crippen LogP contribution in [-0.2, 0) is 9.53 Å². The van der Waals surface area contributed by atoms with Crippen molar-refractivity contribution in [2.75, 3.05) is 46.9 Å². The van der Waals surface area contributed by atoms with E-state index >= 15 is 0 Å². The van der Waals surface area contributed by atoms with Gasteiger partial charge in [0.1, 0.15) is 5.82 Å². The second kappa shape index (κ2) is 8.63. The van der Waals surface area contributed by atoms with E-state index in [1.165, 1.54) is 6.07 Å². The number of hydrogen-bond acceptors (Lipinski definition) is 4. The predicted molar refractivity (Wildman–Crippen MR) is 112 cm³/mol. The monoisotopic (exact) mass is 417 g/mol. The molecule has 3 aliphatic rings. The number of carbonyl (C=O) groups is 2. The number of methoxy groups -OCH3 is 1. The van der Waals surface area contributed by atoms with Crippen LogP contribution in [0.4, 0.5) is 4.39 Å². The molecule has 164 valence electrons. The molecule has 2 amide bonds. The van der Waals surface area contributed by atoms with Gasteiger partial charge in [-0.25, -0.2) is 4.39 Å². The maximum absolute atomic E-state index is 14.6. The van der Waals surface area contributed by atoms with E-state index in [4.69, 9.17) is 4.74 Å². The summed E-state index contributed by atoms with van der Waals surface area (Å²) in [4.78, 5) is 29.5. The van der Waals surface area contributed by atoms with Crippen molar-refractivity contribution >= 4 is 11.8 Å². The molecule has 1 spiro atoms. The van der Waals surface area contributed by atoms with Crippen molar-refractivity contribution in [2.45, 2.75) is 44.1 Å². The van der Waals surface area contributed by atoms with E-state index in [0.29, 0.717) is 44.8 Å². The zero-order valence-electron chi connectivity index (χ0n) is 18.0. The SMILES string of the molecule is COC1CN(C)C(=O)C2(CCN(C(=O)c3cc(C4CCNCC4)ccc3F)CC2)C1. The Kier molecular flexibility index (Phi) is 6.11. The lowest BCUT2D eigenvalue weighted by molar-refractivity contribution is -0.155. The number of hydrogen-bond donors (Lipinski definition) is 1. The van der Waals surface area contributed by atoms with Crippen LogP contribution in [0.15, 0.2) is 18.2 Å². The van der Waals surface area contributed by atoms with Gasteiger partial charge >= 0.3 is 0 Å². The normalized spacial score (nSPS) is 25.0. The van der Waals surface area contributed by atoms with Crippen LogP contribution < -0.4 is 5.32 Å². The maximum Gasteiger partial charge on any atom is 0.256 e. The summed E-state index contributed by atoms with van der Waals surface area (Å²) in [6, 6.07) is 4.99. The van der Waals surface area contributed by atoms with Gasteiger partial charge in [0.05, 0.1) is 17.1 Å². The second-order valence-corrected chi connectivity index (χ2v) is 9.08. The molecule has 3 fully saturated rings. The van der Waals surface area contributed by atoms with Gasteiger partial charge in [-0.2, -0.15) is 0 Å². The van der Waals surface area contributed by atoms with Gasteiger partial charge in [0.15, 0.2) is 0 Å². The summed E-state index contributed by atoms with van der Waals surface area (Å²) in [6.45, 7) is 3.43. The van der Waals surface area contributed by atoms with Gasteiger partial charge in [-0.05, 0) is 68.8 Å². The molecule has 4 rings (SSSR count). The fourth-order valence-electron chi connectivity index (χ4n) is 5.38. The molecule has 3 saturated heterocycles. The molecule has 0 aromatic heterocycles. The lowest BCUT2D eigenvalue weighted by Crippen LogP contribution is -2.57. The van der Waals surface area contributed by atoms with E-state index in [-0.39, 0.29) is 23.5 Å². The Labute approximate surface area is 177 Å². The summed E-state index contributed by atoms with van der Waals surface area (Å²) >= 11 is 0. The van der Waals surface area contributed by atoms with E-state index in [2.05, 4.69) is 5.32 Å². The van der Waals surface area contributed by atoms with Crippen LogP contribution in [0.2, 0.25) is 0 Å². The van der Waals surface area contributed by atoms with Crippen LogP contribution in [0, 0.1) is 11.2 Å². The van der Waals surface area contributed by atoms with E-state index in [9.17, 15) is 14.0 Å². The third-order valence-corrected chi connectivity index (χ3v) is 7.27. The highest BCUT2D eigenvalue weighted by atomic mass is 19.1. The molecule has 1 unspecified atom stereocenters. The molecule has 1 N–H and O–H groups in total. The Morgan fingerprint density at radius 2 is 1.93 bits per heavy atom. The summed E-state index contributed by atoms with van der Waals surface area (Å²) in [6.07, 6.45) is 3.90. The Balaban J connectivity index is 1.47. The first-order chi connectivity index (χ1) is 14.4. The van der Waals surface area contributed by atoms with Crippen molar-refractivity contribution < 1.29 is 18.7 Å². The number of rotatable bonds is 3. The summed E-state index contributed by atoms with van der Waals surface area (Å²) in [5, 5.41) is 3.34. The average molecular weight is 418 g/mol. The van der Waals surface area contributed by atoms with Crippen LogP contribution >= 0.6 is 0 Å². The van der Waals surface area contributed by atoms with Crippen LogP contribution in [0.5, 0.6) is 0 Å². The van der Waals surface area contributed by atoms with E-state index in [0.717, 1.165) is 31.5 Å². The van der Waals surface area contributed by atoms with Gasteiger partial charge < -0.3 is 19.9 Å². The molecule has 3 aliphatic heterocycles. The first-order valence-electron chi connectivity index (χ1n) is 11.0. The van der Waals surface area contributed by atoms with Gasteiger partial charge in [0, 0.05) is 33.8 Å². The summed E-state index contributed by atoms with van der Waals surface area (Å²) < 4.78 is 20.1. The molecule has 0 saturated carbocycles. The van der Waals surface area contributed by atoms with Gasteiger partial charge in [-0.3, -0.25) is 9.59 Å². The van der Waals surface area contributed by atoms with E-state index < -0.39 is 11.2 Å². The van der Waals surface area contributed by atoms with Crippen molar-refractivity contribution in [2.24, 2.45) is 5.41 Å². The highest BCUT2D eigenvalue weighted by Crippen LogP contribution is 2.41. The molecule has 1 aromatic rings. The zero-order chi connectivity index (χ0) is 21.3. The highest BCUT2D eigenvalue weighted by Gasteiger charge is 2.48. The molecule has 0 aliphatic carbocycles. The largest absolute Gasteiger partial charge is 0.380 e. The third kappa shape index (κ3) is 3.97. The molecule has 1 atom stereocenters. The fourth-order valence-corrected chi connectivity index (χ4v) is 5.38. The van der Waals surface area contributed by atoms with Crippen molar-refractivity contribution in [3.8, 4) is 0 Å². The van der Waals surface area contributed by atoms with Gasteiger partial charge in [0.2, 0.25) is 5.91 Å². The first kappa shape index (κ1) is 21.2. The quantitative estimate of drug-likeness (QED) is 0.821. The smallest absolute Gasteiger partial charge is 0.256 e. The Bertz CT molecular complexity index is 801. The summed E-state index contributed by atoms with van der Waals surface area (Å²) in [7, 11) is 3.49. The Morgan fingerprint density at radius 3 is 2.60 bits per heavy atom. The molecule has 3 heterocycles. The maximum atomic E-state index is 14.6. The lowest BCUT2D eigenvalue weighted by Gasteiger charge is -2.47. The number of nitrogens with one attached hydrogen (secondary N) is 1. The number of halogens is 1. The van der Waals surface area contributed by atoms with E-state index in [1.807, 2.05) is 13.1 Å². The molecule has 30 heavy (non-hydrogen) atoms. The predicted octanol–water partition coefficient (Wildman–Crippen LogP) is 2.39. The number of nitrogens with zero attached hydrogens (tertiary/aromatic N) is 2. The lowest BCUT2D eigenvalue weighted by atomic mass is 9.71. The molecule has 6 nitrogen and oxygen atoms in total. The minimum absolute atomic E-state index is 0.0223. The molecule has 0 radical (unpaired) electrons. The zero-order valence-corrected chi connectivity index (χ0v) is 18.0. The molecule has 0 bridgehead atoms. The number of benzene rings is 1. The third-order valence-electron chi connectivity index (χ3n) is 7.27. The number of likely N-dealkylation sites (N-methyl/N-ethyl adjacent to an activating group) is 1. The number of amides is 2. The molecular formula is C23H32FN3O3. The van der Waals surface area contributed by atoms with Crippen molar-refractivity contribution in [1.29, 1.82) is 0 Å². The molecular weight excluding hydrogens is 385 g/mol. The van der Waals surface area contributed by atoms with E-state index in [1.54, 1.807) is 23.0 Å². The van der Waals surface area contributed by atoms with Crippen molar-refractivity contribution in [1.82, 2.24) is 15.1 Å².